The van der Waals surface area contributed by atoms with Gasteiger partial charge in [-0.15, -0.1) is 0 Å². The van der Waals surface area contributed by atoms with E-state index in [4.69, 9.17) is 9.47 Å². The van der Waals surface area contributed by atoms with E-state index in [0.29, 0.717) is 0 Å². The molecule has 3 nitrogen and oxygen atoms in total. The largest absolute Gasteiger partial charge is 0.497 e. The molecular weight excluding hydrogens is 216 g/mol. The van der Waals surface area contributed by atoms with E-state index in [1.165, 1.54) is 6.42 Å². The van der Waals surface area contributed by atoms with E-state index in [-0.39, 0.29) is 0 Å². The van der Waals surface area contributed by atoms with Crippen molar-refractivity contribution < 1.29 is 14.6 Å². The Hall–Kier alpha value is -1.22. The molecule has 0 aromatic heterocycles. The maximum absolute atomic E-state index is 10.7. The molecule has 1 aliphatic rings. The average molecular weight is 236 g/mol. The van der Waals surface area contributed by atoms with Crippen LogP contribution < -0.4 is 9.47 Å². The fourth-order valence-corrected chi connectivity index (χ4v) is 2.50. The van der Waals surface area contributed by atoms with Gasteiger partial charge in [-0.3, -0.25) is 0 Å². The van der Waals surface area contributed by atoms with Crippen LogP contribution in [0.2, 0.25) is 0 Å². The number of ether oxygens (including phenoxy) is 2. The first-order valence-corrected chi connectivity index (χ1v) is 6.14. The predicted octanol–water partition coefficient (Wildman–Crippen LogP) is 2.86. The van der Waals surface area contributed by atoms with Crippen LogP contribution in [0, 0.1) is 0 Å². The Morgan fingerprint density at radius 1 is 0.941 bits per heavy atom. The summed E-state index contributed by atoms with van der Waals surface area (Å²) in [5.41, 5.74) is 0.202. The fraction of sp³-hybridized carbons (Fsp3) is 0.571. The van der Waals surface area contributed by atoms with Crippen molar-refractivity contribution in [1.29, 1.82) is 0 Å². The third kappa shape index (κ3) is 2.55. The van der Waals surface area contributed by atoms with Crippen molar-refractivity contribution in [2.24, 2.45) is 0 Å². The molecule has 0 saturated heterocycles. The molecule has 0 unspecified atom stereocenters. The normalized spacial score (nSPS) is 18.8. The molecule has 1 aromatic rings. The highest BCUT2D eigenvalue weighted by molar-refractivity contribution is 5.41. The summed E-state index contributed by atoms with van der Waals surface area (Å²) in [6.07, 6.45) is 5.02. The Morgan fingerprint density at radius 2 is 1.47 bits per heavy atom. The van der Waals surface area contributed by atoms with E-state index in [1.807, 2.05) is 18.2 Å². The van der Waals surface area contributed by atoms with Gasteiger partial charge in [-0.05, 0) is 30.5 Å². The molecule has 0 spiro atoms. The zero-order chi connectivity index (χ0) is 12.3. The fourth-order valence-electron chi connectivity index (χ4n) is 2.50. The molecule has 3 heteroatoms. The van der Waals surface area contributed by atoms with Gasteiger partial charge >= 0.3 is 0 Å². The average Bonchev–Trinajstić information content (AvgIpc) is 2.39. The lowest BCUT2D eigenvalue weighted by Gasteiger charge is -2.33. The molecule has 0 atom stereocenters. The molecule has 1 fully saturated rings. The van der Waals surface area contributed by atoms with Gasteiger partial charge in [0.05, 0.1) is 19.8 Å². The van der Waals surface area contributed by atoms with Gasteiger partial charge in [0.15, 0.2) is 0 Å². The quantitative estimate of drug-likeness (QED) is 0.877. The second-order valence-electron chi connectivity index (χ2n) is 4.69. The zero-order valence-electron chi connectivity index (χ0n) is 10.5. The van der Waals surface area contributed by atoms with Crippen LogP contribution in [-0.4, -0.2) is 19.3 Å². The number of hydrogen-bond acceptors (Lipinski definition) is 3. The van der Waals surface area contributed by atoms with Gasteiger partial charge in [-0.1, -0.05) is 19.3 Å². The molecule has 0 amide bonds. The van der Waals surface area contributed by atoms with Gasteiger partial charge in [0.2, 0.25) is 0 Å². The summed E-state index contributed by atoms with van der Waals surface area (Å²) in [5, 5.41) is 10.7. The van der Waals surface area contributed by atoms with E-state index in [1.54, 1.807) is 14.2 Å². The van der Waals surface area contributed by atoms with Crippen molar-refractivity contribution in [2.45, 2.75) is 37.7 Å². The van der Waals surface area contributed by atoms with Gasteiger partial charge in [-0.2, -0.15) is 0 Å². The summed E-state index contributed by atoms with van der Waals surface area (Å²) in [6, 6.07) is 5.65. The first-order valence-electron chi connectivity index (χ1n) is 6.14. The molecule has 0 radical (unpaired) electrons. The van der Waals surface area contributed by atoms with Crippen molar-refractivity contribution in [1.82, 2.24) is 0 Å². The summed E-state index contributed by atoms with van der Waals surface area (Å²) in [5.74, 6) is 1.47. The highest BCUT2D eigenvalue weighted by Gasteiger charge is 2.31. The predicted molar refractivity (Wildman–Crippen MR) is 66.5 cm³/mol. The number of hydrogen-bond donors (Lipinski definition) is 1. The van der Waals surface area contributed by atoms with Gasteiger partial charge in [-0.25, -0.2) is 0 Å². The number of benzene rings is 1. The minimum Gasteiger partial charge on any atom is -0.497 e. The van der Waals surface area contributed by atoms with Crippen LogP contribution >= 0.6 is 0 Å². The van der Waals surface area contributed by atoms with Gasteiger partial charge < -0.3 is 14.6 Å². The van der Waals surface area contributed by atoms with Gasteiger partial charge in [0, 0.05) is 6.07 Å². The van der Waals surface area contributed by atoms with Crippen LogP contribution in [0.3, 0.4) is 0 Å². The molecule has 1 saturated carbocycles. The third-order valence-electron chi connectivity index (χ3n) is 3.57. The smallest absolute Gasteiger partial charge is 0.122 e. The van der Waals surface area contributed by atoms with Crippen molar-refractivity contribution in [2.75, 3.05) is 14.2 Å². The van der Waals surface area contributed by atoms with E-state index < -0.39 is 5.60 Å². The van der Waals surface area contributed by atoms with E-state index in [2.05, 4.69) is 0 Å². The van der Waals surface area contributed by atoms with Crippen molar-refractivity contribution in [3.05, 3.63) is 23.8 Å². The van der Waals surface area contributed by atoms with Crippen LogP contribution in [0.15, 0.2) is 18.2 Å². The van der Waals surface area contributed by atoms with Crippen molar-refractivity contribution in [3.8, 4) is 11.5 Å². The SMILES string of the molecule is COc1cc(OC)cc(C2(O)CCCCC2)c1. The summed E-state index contributed by atoms with van der Waals surface area (Å²) < 4.78 is 10.5. The molecule has 94 valence electrons. The summed E-state index contributed by atoms with van der Waals surface area (Å²) in [6.45, 7) is 0. The van der Waals surface area contributed by atoms with E-state index in [0.717, 1.165) is 42.7 Å². The minimum absolute atomic E-state index is 0.708. The molecule has 1 aromatic carbocycles. The zero-order valence-corrected chi connectivity index (χ0v) is 10.5. The maximum atomic E-state index is 10.7. The first kappa shape index (κ1) is 12.2. The van der Waals surface area contributed by atoms with Crippen molar-refractivity contribution >= 4 is 0 Å². The Balaban J connectivity index is 2.35. The van der Waals surface area contributed by atoms with Gasteiger partial charge in [0.25, 0.3) is 0 Å². The summed E-state index contributed by atoms with van der Waals surface area (Å²) in [7, 11) is 3.26. The maximum Gasteiger partial charge on any atom is 0.122 e. The lowest BCUT2D eigenvalue weighted by atomic mass is 9.79. The lowest BCUT2D eigenvalue weighted by Crippen LogP contribution is -2.28. The molecular formula is C14H20O3. The van der Waals surface area contributed by atoms with Crippen molar-refractivity contribution in [3.63, 3.8) is 0 Å². The highest BCUT2D eigenvalue weighted by Crippen LogP contribution is 2.39. The number of aliphatic hydroxyl groups is 1. The van der Waals surface area contributed by atoms with E-state index >= 15 is 0 Å². The summed E-state index contributed by atoms with van der Waals surface area (Å²) >= 11 is 0. The summed E-state index contributed by atoms with van der Waals surface area (Å²) in [4.78, 5) is 0. The second-order valence-corrected chi connectivity index (χ2v) is 4.69. The molecule has 0 aliphatic heterocycles. The van der Waals surface area contributed by atoms with Crippen LogP contribution in [0.5, 0.6) is 11.5 Å². The van der Waals surface area contributed by atoms with Gasteiger partial charge in [0.1, 0.15) is 11.5 Å². The second kappa shape index (κ2) is 4.96. The number of methoxy groups -OCH3 is 2. The Labute approximate surface area is 102 Å². The van der Waals surface area contributed by atoms with Crippen LogP contribution in [0.25, 0.3) is 0 Å². The highest BCUT2D eigenvalue weighted by atomic mass is 16.5. The molecule has 17 heavy (non-hydrogen) atoms. The molecule has 0 heterocycles. The Bertz CT molecular complexity index is 359. The van der Waals surface area contributed by atoms with Crippen LogP contribution in [0.4, 0.5) is 0 Å². The Kier molecular flexibility index (Phi) is 3.57. The Morgan fingerprint density at radius 3 is 1.94 bits per heavy atom. The molecule has 0 bridgehead atoms. The molecule has 1 N–H and O–H groups in total. The third-order valence-corrected chi connectivity index (χ3v) is 3.57. The monoisotopic (exact) mass is 236 g/mol. The molecule has 2 rings (SSSR count). The standard InChI is InChI=1S/C14H20O3/c1-16-12-8-11(9-13(10-12)17-2)14(15)6-4-3-5-7-14/h8-10,15H,3-7H2,1-2H3. The van der Waals surface area contributed by atoms with Crippen LogP contribution in [-0.2, 0) is 5.60 Å². The topological polar surface area (TPSA) is 38.7 Å². The van der Waals surface area contributed by atoms with Crippen LogP contribution in [0.1, 0.15) is 37.7 Å². The number of rotatable bonds is 3. The molecule has 1 aliphatic carbocycles. The van der Waals surface area contributed by atoms with E-state index in [9.17, 15) is 5.11 Å². The lowest BCUT2D eigenvalue weighted by molar-refractivity contribution is -0.000961. The first-order chi connectivity index (χ1) is 8.18. The minimum atomic E-state index is -0.708.